The maximum atomic E-state index is 12.6. The Morgan fingerprint density at radius 1 is 1.07 bits per heavy atom. The molecule has 0 aromatic carbocycles. The number of nitrogens with one attached hydrogen (secondary N) is 1. The minimum absolute atomic E-state index is 0.0395. The number of hydrogen-bond acceptors (Lipinski definition) is 5. The summed E-state index contributed by atoms with van der Waals surface area (Å²) in [6.45, 7) is 3.15. The fourth-order valence-electron chi connectivity index (χ4n) is 6.71. The first kappa shape index (κ1) is 18.4. The van der Waals surface area contributed by atoms with Gasteiger partial charge in [0.1, 0.15) is 0 Å². The van der Waals surface area contributed by atoms with E-state index in [9.17, 15) is 9.59 Å². The predicted molar refractivity (Wildman–Crippen MR) is 109 cm³/mol. The van der Waals surface area contributed by atoms with Crippen LogP contribution in [0.3, 0.4) is 0 Å². The second kappa shape index (κ2) is 7.32. The summed E-state index contributed by atoms with van der Waals surface area (Å²) in [6.07, 6.45) is 10.3. The highest BCUT2D eigenvalue weighted by Gasteiger charge is 2.51. The molecule has 4 saturated carbocycles. The second-order valence-corrected chi connectivity index (χ2v) is 10.4. The van der Waals surface area contributed by atoms with Crippen LogP contribution in [-0.2, 0) is 9.59 Å². The first-order valence-electron chi connectivity index (χ1n) is 10.8. The smallest absolute Gasteiger partial charge is 0.242 e. The summed E-state index contributed by atoms with van der Waals surface area (Å²) in [5.41, 5.74) is 0.237. The van der Waals surface area contributed by atoms with E-state index in [-0.39, 0.29) is 23.8 Å². The Balaban J connectivity index is 1.08. The fraction of sp³-hybridized carbons (Fsp3) is 0.762. The molecule has 1 aliphatic heterocycles. The maximum absolute atomic E-state index is 12.6. The Morgan fingerprint density at radius 3 is 2.29 bits per heavy atom. The molecule has 4 bridgehead atoms. The molecule has 2 heterocycles. The van der Waals surface area contributed by atoms with Gasteiger partial charge in [-0.2, -0.15) is 0 Å². The minimum Gasteiger partial charge on any atom is -0.347 e. The van der Waals surface area contributed by atoms with E-state index in [1.54, 1.807) is 11.3 Å². The molecule has 0 spiro atoms. The van der Waals surface area contributed by atoms with Crippen molar-refractivity contribution in [3.8, 4) is 0 Å². The lowest BCUT2D eigenvalue weighted by Crippen LogP contribution is -2.52. The van der Waals surface area contributed by atoms with Crippen LogP contribution in [0.5, 0.6) is 0 Å². The largest absolute Gasteiger partial charge is 0.347 e. The van der Waals surface area contributed by atoms with Gasteiger partial charge in [0.25, 0.3) is 0 Å². The first-order valence-corrected chi connectivity index (χ1v) is 11.7. The minimum atomic E-state index is 0.0395. The summed E-state index contributed by atoms with van der Waals surface area (Å²) < 4.78 is 0. The van der Waals surface area contributed by atoms with E-state index in [0.29, 0.717) is 19.5 Å². The third-order valence-electron chi connectivity index (χ3n) is 7.46. The number of hydrogen-bond donors (Lipinski definition) is 1. The number of carbonyl (C=O) groups is 2. The first-order chi connectivity index (χ1) is 13.6. The number of anilines is 1. The summed E-state index contributed by atoms with van der Waals surface area (Å²) >= 11 is 1.63. The van der Waals surface area contributed by atoms with Crippen LogP contribution in [0.25, 0.3) is 0 Å². The van der Waals surface area contributed by atoms with E-state index in [2.05, 4.69) is 15.2 Å². The van der Waals surface area contributed by atoms with Crippen molar-refractivity contribution in [1.82, 2.24) is 15.2 Å². The van der Waals surface area contributed by atoms with Gasteiger partial charge in [-0.3, -0.25) is 9.59 Å². The van der Waals surface area contributed by atoms with Gasteiger partial charge in [0.15, 0.2) is 5.13 Å². The Morgan fingerprint density at radius 2 is 1.71 bits per heavy atom. The van der Waals surface area contributed by atoms with Gasteiger partial charge in [-0.05, 0) is 61.7 Å². The van der Waals surface area contributed by atoms with Gasteiger partial charge in [0.2, 0.25) is 11.8 Å². The summed E-state index contributed by atoms with van der Waals surface area (Å²) in [5.74, 6) is 2.69. The third-order valence-corrected chi connectivity index (χ3v) is 8.29. The highest BCUT2D eigenvalue weighted by atomic mass is 32.1. The van der Waals surface area contributed by atoms with Crippen LogP contribution in [0.15, 0.2) is 11.6 Å². The molecule has 5 aliphatic rings. The Kier molecular flexibility index (Phi) is 4.81. The second-order valence-electron chi connectivity index (χ2n) is 9.55. The number of piperazine rings is 1. The van der Waals surface area contributed by atoms with Crippen LogP contribution < -0.4 is 10.2 Å². The molecule has 1 N–H and O–H groups in total. The molecule has 0 unspecified atom stereocenters. The van der Waals surface area contributed by atoms with Crippen LogP contribution in [0.4, 0.5) is 5.13 Å². The maximum Gasteiger partial charge on any atom is 0.242 e. The standard InChI is InChI=1S/C21H30N4O2S/c26-18(13-21-10-15-7-16(11-21)9-17(8-15)12-21)23-14-19(27)24-2-4-25(5-3-24)20-22-1-6-28-20/h1,6,15-17H,2-5,7-14H2,(H,23,26). The molecular formula is C21H30N4O2S. The van der Waals surface area contributed by atoms with Crippen LogP contribution in [0, 0.1) is 23.2 Å². The van der Waals surface area contributed by atoms with Crippen LogP contribution in [0.1, 0.15) is 44.9 Å². The molecule has 0 atom stereocenters. The third kappa shape index (κ3) is 3.65. The summed E-state index contributed by atoms with van der Waals surface area (Å²) in [5, 5.41) is 5.94. The molecule has 1 aromatic rings. The lowest BCUT2D eigenvalue weighted by atomic mass is 9.49. The molecule has 152 valence electrons. The molecule has 2 amide bonds. The van der Waals surface area contributed by atoms with Crippen molar-refractivity contribution in [2.45, 2.75) is 44.9 Å². The molecule has 1 aromatic heterocycles. The number of rotatable bonds is 5. The molecule has 1 saturated heterocycles. The van der Waals surface area contributed by atoms with Crippen molar-refractivity contribution in [3.63, 3.8) is 0 Å². The molecule has 4 aliphatic carbocycles. The average molecular weight is 403 g/mol. The van der Waals surface area contributed by atoms with E-state index in [1.165, 1.54) is 38.5 Å². The molecule has 6 rings (SSSR count). The van der Waals surface area contributed by atoms with Crippen LogP contribution in [-0.4, -0.2) is 54.4 Å². The molecule has 7 heteroatoms. The van der Waals surface area contributed by atoms with Crippen molar-refractivity contribution < 1.29 is 9.59 Å². The van der Waals surface area contributed by atoms with Crippen molar-refractivity contribution in [3.05, 3.63) is 11.6 Å². The number of thiazole rings is 1. The predicted octanol–water partition coefficient (Wildman–Crippen LogP) is 2.51. The van der Waals surface area contributed by atoms with E-state index >= 15 is 0 Å². The van der Waals surface area contributed by atoms with Crippen LogP contribution >= 0.6 is 11.3 Å². The molecular weight excluding hydrogens is 372 g/mol. The van der Waals surface area contributed by atoms with E-state index < -0.39 is 0 Å². The topological polar surface area (TPSA) is 65.5 Å². The normalized spacial score (nSPS) is 33.9. The lowest BCUT2D eigenvalue weighted by Gasteiger charge is -2.56. The quantitative estimate of drug-likeness (QED) is 0.822. The van der Waals surface area contributed by atoms with E-state index in [0.717, 1.165) is 36.0 Å². The number of carbonyl (C=O) groups excluding carboxylic acids is 2. The van der Waals surface area contributed by atoms with Crippen LogP contribution in [0.2, 0.25) is 0 Å². The molecule has 6 nitrogen and oxygen atoms in total. The Hall–Kier alpha value is -1.63. The molecule has 0 radical (unpaired) electrons. The van der Waals surface area contributed by atoms with Crippen molar-refractivity contribution >= 4 is 28.3 Å². The van der Waals surface area contributed by atoms with Crippen molar-refractivity contribution in [2.75, 3.05) is 37.6 Å². The number of aromatic nitrogens is 1. The highest BCUT2D eigenvalue weighted by Crippen LogP contribution is 2.61. The number of nitrogens with zero attached hydrogens (tertiary/aromatic N) is 3. The van der Waals surface area contributed by atoms with Crippen molar-refractivity contribution in [1.29, 1.82) is 0 Å². The van der Waals surface area contributed by atoms with Gasteiger partial charge in [0.05, 0.1) is 6.54 Å². The Labute approximate surface area is 170 Å². The molecule has 28 heavy (non-hydrogen) atoms. The van der Waals surface area contributed by atoms with Gasteiger partial charge < -0.3 is 15.1 Å². The summed E-state index contributed by atoms with van der Waals surface area (Å²) in [7, 11) is 0. The van der Waals surface area contributed by atoms with E-state index in [1.807, 2.05) is 16.5 Å². The highest BCUT2D eigenvalue weighted by molar-refractivity contribution is 7.13. The zero-order chi connectivity index (χ0) is 19.1. The molecule has 5 fully saturated rings. The van der Waals surface area contributed by atoms with Crippen molar-refractivity contribution in [2.24, 2.45) is 23.2 Å². The van der Waals surface area contributed by atoms with E-state index in [4.69, 9.17) is 0 Å². The zero-order valence-corrected chi connectivity index (χ0v) is 17.3. The fourth-order valence-corrected chi connectivity index (χ4v) is 7.41. The van der Waals surface area contributed by atoms with Gasteiger partial charge in [-0.25, -0.2) is 4.98 Å². The summed E-state index contributed by atoms with van der Waals surface area (Å²) in [4.78, 5) is 33.6. The monoisotopic (exact) mass is 402 g/mol. The SMILES string of the molecule is O=C(CC12CC3CC(CC(C3)C1)C2)NCC(=O)N1CCN(c2nccs2)CC1. The van der Waals surface area contributed by atoms with Gasteiger partial charge in [-0.15, -0.1) is 11.3 Å². The van der Waals surface area contributed by atoms with Gasteiger partial charge in [-0.1, -0.05) is 0 Å². The summed E-state index contributed by atoms with van der Waals surface area (Å²) in [6, 6.07) is 0. The Bertz CT molecular complexity index is 691. The number of amides is 2. The zero-order valence-electron chi connectivity index (χ0n) is 16.4. The van der Waals surface area contributed by atoms with Gasteiger partial charge >= 0.3 is 0 Å². The average Bonchev–Trinajstić information content (AvgIpc) is 3.19. The lowest BCUT2D eigenvalue weighted by molar-refractivity contribution is -0.135. The van der Waals surface area contributed by atoms with Gasteiger partial charge in [0, 0.05) is 44.2 Å².